The van der Waals surface area contributed by atoms with Crippen LogP contribution < -0.4 is 5.73 Å². The van der Waals surface area contributed by atoms with Crippen LogP contribution in [0.5, 0.6) is 0 Å². The Bertz CT molecular complexity index is 355. The monoisotopic (exact) mass is 277 g/mol. The zero-order valence-corrected chi connectivity index (χ0v) is 14.1. The molecule has 0 bridgehead atoms. The highest BCUT2D eigenvalue weighted by atomic mass is 14.7. The Morgan fingerprint density at radius 3 is 2.10 bits per heavy atom. The number of fused-ring (bicyclic) bond motifs is 1. The highest BCUT2D eigenvalue weighted by molar-refractivity contribution is 5.03. The van der Waals surface area contributed by atoms with Crippen molar-refractivity contribution in [2.45, 2.75) is 85.1 Å². The molecule has 5 atom stereocenters. The van der Waals surface area contributed by atoms with Gasteiger partial charge in [-0.2, -0.15) is 0 Å². The topological polar surface area (TPSA) is 26.0 Å². The van der Waals surface area contributed by atoms with Crippen molar-refractivity contribution in [2.24, 2.45) is 40.2 Å². The molecule has 0 spiro atoms. The van der Waals surface area contributed by atoms with Gasteiger partial charge in [-0.3, -0.25) is 0 Å². The van der Waals surface area contributed by atoms with Crippen molar-refractivity contribution in [1.29, 1.82) is 0 Å². The minimum Gasteiger partial charge on any atom is -0.328 e. The predicted octanol–water partition coefficient (Wildman–Crippen LogP) is 4.99. The van der Waals surface area contributed by atoms with E-state index in [2.05, 4.69) is 27.7 Å². The molecule has 116 valence electrons. The van der Waals surface area contributed by atoms with Crippen LogP contribution in [-0.4, -0.2) is 6.04 Å². The van der Waals surface area contributed by atoms with Crippen LogP contribution in [-0.2, 0) is 0 Å². The summed E-state index contributed by atoms with van der Waals surface area (Å²) in [5.41, 5.74) is 7.38. The van der Waals surface area contributed by atoms with Gasteiger partial charge in [0.1, 0.15) is 0 Å². The summed E-state index contributed by atoms with van der Waals surface area (Å²) in [6.07, 6.45) is 11.2. The second kappa shape index (κ2) is 5.00. The minimum absolute atomic E-state index is 0.485. The standard InChI is InChI=1S/C19H35N/c1-13-5-6-17-14(2)16(9-12-19(13,17)4)18(3)10-7-15(20)8-11-18/h13-17H,5-12,20H2,1-4H3. The van der Waals surface area contributed by atoms with E-state index in [9.17, 15) is 0 Å². The average Bonchev–Trinajstić information content (AvgIpc) is 2.71. The second-order valence-corrected chi connectivity index (χ2v) is 9.09. The van der Waals surface area contributed by atoms with Crippen molar-refractivity contribution >= 4 is 0 Å². The van der Waals surface area contributed by atoms with Gasteiger partial charge in [0.05, 0.1) is 0 Å². The third kappa shape index (κ3) is 2.16. The lowest BCUT2D eigenvalue weighted by atomic mass is 9.51. The first-order valence-electron chi connectivity index (χ1n) is 9.12. The fourth-order valence-electron chi connectivity index (χ4n) is 6.41. The van der Waals surface area contributed by atoms with Gasteiger partial charge in [0, 0.05) is 6.04 Å². The SMILES string of the molecule is CC1C(C2(C)CCC(N)CC2)CCC2(C)C(C)CCC12. The van der Waals surface area contributed by atoms with Crippen LogP contribution in [0, 0.1) is 34.5 Å². The molecule has 20 heavy (non-hydrogen) atoms. The van der Waals surface area contributed by atoms with Gasteiger partial charge in [0.15, 0.2) is 0 Å². The Hall–Kier alpha value is -0.0400. The van der Waals surface area contributed by atoms with Crippen molar-refractivity contribution in [1.82, 2.24) is 0 Å². The maximum absolute atomic E-state index is 6.14. The highest BCUT2D eigenvalue weighted by Gasteiger charge is 2.54. The summed E-state index contributed by atoms with van der Waals surface area (Å²) in [7, 11) is 0. The van der Waals surface area contributed by atoms with Crippen LogP contribution in [0.4, 0.5) is 0 Å². The van der Waals surface area contributed by atoms with E-state index in [1.807, 2.05) is 0 Å². The molecule has 0 aromatic heterocycles. The molecule has 3 aliphatic rings. The molecule has 3 rings (SSSR count). The zero-order valence-electron chi connectivity index (χ0n) is 14.1. The van der Waals surface area contributed by atoms with Crippen molar-refractivity contribution in [3.05, 3.63) is 0 Å². The lowest BCUT2D eigenvalue weighted by Crippen LogP contribution is -2.47. The van der Waals surface area contributed by atoms with E-state index in [-0.39, 0.29) is 0 Å². The van der Waals surface area contributed by atoms with Crippen LogP contribution in [0.2, 0.25) is 0 Å². The quantitative estimate of drug-likeness (QED) is 0.717. The molecular weight excluding hydrogens is 242 g/mol. The van der Waals surface area contributed by atoms with Gasteiger partial charge in [-0.15, -0.1) is 0 Å². The zero-order chi connectivity index (χ0) is 14.5. The van der Waals surface area contributed by atoms with Crippen LogP contribution in [0.15, 0.2) is 0 Å². The molecule has 3 aliphatic carbocycles. The van der Waals surface area contributed by atoms with Crippen molar-refractivity contribution in [3.8, 4) is 0 Å². The van der Waals surface area contributed by atoms with Gasteiger partial charge in [0.2, 0.25) is 0 Å². The summed E-state index contributed by atoms with van der Waals surface area (Å²) in [6, 6.07) is 0.485. The molecule has 0 heterocycles. The molecule has 0 amide bonds. The highest BCUT2D eigenvalue weighted by Crippen LogP contribution is 2.62. The summed E-state index contributed by atoms with van der Waals surface area (Å²) in [4.78, 5) is 0. The fraction of sp³-hybridized carbons (Fsp3) is 1.00. The van der Waals surface area contributed by atoms with Crippen molar-refractivity contribution in [3.63, 3.8) is 0 Å². The molecule has 0 aromatic carbocycles. The van der Waals surface area contributed by atoms with Gasteiger partial charge < -0.3 is 5.73 Å². The minimum atomic E-state index is 0.485. The van der Waals surface area contributed by atoms with E-state index in [1.165, 1.54) is 51.4 Å². The smallest absolute Gasteiger partial charge is 0.00392 e. The van der Waals surface area contributed by atoms with Crippen LogP contribution in [0.3, 0.4) is 0 Å². The molecule has 1 heteroatoms. The Labute approximate surface area is 126 Å². The largest absolute Gasteiger partial charge is 0.328 e. The predicted molar refractivity (Wildman–Crippen MR) is 86.4 cm³/mol. The normalized spacial score (nSPS) is 56.5. The summed E-state index contributed by atoms with van der Waals surface area (Å²) in [6.45, 7) is 10.3. The first-order valence-corrected chi connectivity index (χ1v) is 9.12. The maximum Gasteiger partial charge on any atom is 0.00392 e. The molecule has 3 fully saturated rings. The van der Waals surface area contributed by atoms with E-state index >= 15 is 0 Å². The van der Waals surface area contributed by atoms with E-state index in [0.717, 1.165) is 23.7 Å². The van der Waals surface area contributed by atoms with Crippen LogP contribution in [0.1, 0.15) is 79.1 Å². The number of nitrogens with two attached hydrogens (primary N) is 1. The first kappa shape index (κ1) is 14.9. The van der Waals surface area contributed by atoms with E-state index in [0.29, 0.717) is 16.9 Å². The molecule has 5 unspecified atom stereocenters. The van der Waals surface area contributed by atoms with Crippen LogP contribution >= 0.6 is 0 Å². The van der Waals surface area contributed by atoms with Gasteiger partial charge in [-0.05, 0) is 85.9 Å². The maximum atomic E-state index is 6.14. The first-order chi connectivity index (χ1) is 9.37. The van der Waals surface area contributed by atoms with Gasteiger partial charge in [-0.25, -0.2) is 0 Å². The second-order valence-electron chi connectivity index (χ2n) is 9.09. The Kier molecular flexibility index (Phi) is 3.72. The third-order valence-corrected chi connectivity index (χ3v) is 8.21. The number of hydrogen-bond acceptors (Lipinski definition) is 1. The van der Waals surface area contributed by atoms with Gasteiger partial charge in [-0.1, -0.05) is 27.7 Å². The molecule has 0 aromatic rings. The number of hydrogen-bond donors (Lipinski definition) is 1. The average molecular weight is 277 g/mol. The molecule has 2 N–H and O–H groups in total. The van der Waals surface area contributed by atoms with E-state index in [1.54, 1.807) is 0 Å². The molecule has 0 aliphatic heterocycles. The molecular formula is C19H35N. The van der Waals surface area contributed by atoms with Crippen molar-refractivity contribution in [2.75, 3.05) is 0 Å². The fourth-order valence-corrected chi connectivity index (χ4v) is 6.41. The lowest BCUT2D eigenvalue weighted by Gasteiger charge is -2.54. The molecule has 1 nitrogen and oxygen atoms in total. The Morgan fingerprint density at radius 2 is 1.45 bits per heavy atom. The number of rotatable bonds is 1. The lowest BCUT2D eigenvalue weighted by molar-refractivity contribution is -0.0434. The van der Waals surface area contributed by atoms with Gasteiger partial charge in [0.25, 0.3) is 0 Å². The van der Waals surface area contributed by atoms with Crippen LogP contribution in [0.25, 0.3) is 0 Å². The molecule has 0 radical (unpaired) electrons. The van der Waals surface area contributed by atoms with Crippen molar-refractivity contribution < 1.29 is 0 Å². The van der Waals surface area contributed by atoms with E-state index in [4.69, 9.17) is 5.73 Å². The van der Waals surface area contributed by atoms with Gasteiger partial charge >= 0.3 is 0 Å². The molecule has 3 saturated carbocycles. The molecule has 0 saturated heterocycles. The summed E-state index contributed by atoms with van der Waals surface area (Å²) in [5.74, 6) is 3.82. The summed E-state index contributed by atoms with van der Waals surface area (Å²) < 4.78 is 0. The Morgan fingerprint density at radius 1 is 0.800 bits per heavy atom. The van der Waals surface area contributed by atoms with E-state index < -0.39 is 0 Å². The summed E-state index contributed by atoms with van der Waals surface area (Å²) >= 11 is 0. The summed E-state index contributed by atoms with van der Waals surface area (Å²) in [5, 5.41) is 0. The third-order valence-electron chi connectivity index (χ3n) is 8.21. The Balaban J connectivity index is 1.77.